The van der Waals surface area contributed by atoms with E-state index in [1.54, 1.807) is 0 Å². The van der Waals surface area contributed by atoms with Crippen molar-refractivity contribution in [1.29, 1.82) is 0 Å². The molecule has 12 heavy (non-hydrogen) atoms. The lowest BCUT2D eigenvalue weighted by Gasteiger charge is -2.07. The van der Waals surface area contributed by atoms with Gasteiger partial charge in [-0.25, -0.2) is 0 Å². The highest BCUT2D eigenvalue weighted by atomic mass is 16.2. The highest BCUT2D eigenvalue weighted by molar-refractivity contribution is 5.83. The lowest BCUT2D eigenvalue weighted by atomic mass is 10.1. The number of carbonyl (C=O) groups is 2. The number of carbonyl (C=O) groups excluding carboxylic acids is 2. The molecule has 5 nitrogen and oxygen atoms in total. The fourth-order valence-electron chi connectivity index (χ4n) is 0.658. The van der Waals surface area contributed by atoms with E-state index in [1.165, 1.54) is 0 Å². The van der Waals surface area contributed by atoms with Crippen molar-refractivity contribution in [2.75, 3.05) is 13.1 Å². The Labute approximate surface area is 71.5 Å². The third-order valence-corrected chi connectivity index (χ3v) is 1.40. The predicted octanol–water partition coefficient (Wildman–Crippen LogP) is -1.43. The van der Waals surface area contributed by atoms with E-state index in [4.69, 9.17) is 11.5 Å². The van der Waals surface area contributed by atoms with E-state index in [9.17, 15) is 9.59 Å². The molecule has 0 rings (SSSR count). The van der Waals surface area contributed by atoms with Crippen LogP contribution in [0.3, 0.4) is 0 Å². The van der Waals surface area contributed by atoms with Crippen molar-refractivity contribution in [3.8, 4) is 0 Å². The number of amides is 2. The molecule has 1 unspecified atom stereocenters. The van der Waals surface area contributed by atoms with Crippen LogP contribution in [0.5, 0.6) is 0 Å². The molecule has 5 N–H and O–H groups in total. The molecule has 0 aliphatic heterocycles. The van der Waals surface area contributed by atoms with Gasteiger partial charge in [-0.1, -0.05) is 6.92 Å². The molecule has 0 aromatic rings. The molecule has 5 heteroatoms. The molecule has 0 aliphatic rings. The van der Waals surface area contributed by atoms with Gasteiger partial charge in [-0.2, -0.15) is 0 Å². The van der Waals surface area contributed by atoms with Gasteiger partial charge in [0.05, 0.1) is 6.54 Å². The normalized spacial score (nSPS) is 12.2. The third kappa shape index (κ3) is 5.67. The maximum absolute atomic E-state index is 10.9. The molecule has 70 valence electrons. The van der Waals surface area contributed by atoms with Crippen LogP contribution in [0.1, 0.15) is 13.3 Å². The van der Waals surface area contributed by atoms with Gasteiger partial charge in [0.15, 0.2) is 0 Å². The van der Waals surface area contributed by atoms with Crippen molar-refractivity contribution in [2.24, 2.45) is 17.4 Å². The Morgan fingerprint density at radius 1 is 1.50 bits per heavy atom. The molecule has 1 atom stereocenters. The number of rotatable bonds is 5. The van der Waals surface area contributed by atoms with E-state index in [2.05, 4.69) is 5.32 Å². The van der Waals surface area contributed by atoms with Crippen molar-refractivity contribution in [3.63, 3.8) is 0 Å². The molecule has 2 amide bonds. The van der Waals surface area contributed by atoms with E-state index in [-0.39, 0.29) is 18.4 Å². The molecular formula is C7H15N3O2. The molecule has 0 saturated carbocycles. The summed E-state index contributed by atoms with van der Waals surface area (Å²) in [7, 11) is 0. The Morgan fingerprint density at radius 2 is 2.08 bits per heavy atom. The van der Waals surface area contributed by atoms with Gasteiger partial charge in [-0.15, -0.1) is 0 Å². The lowest BCUT2D eigenvalue weighted by molar-refractivity contribution is -0.125. The van der Waals surface area contributed by atoms with Crippen LogP contribution in [-0.2, 0) is 9.59 Å². The van der Waals surface area contributed by atoms with Gasteiger partial charge < -0.3 is 16.8 Å². The van der Waals surface area contributed by atoms with Gasteiger partial charge in [-0.05, 0) is 12.5 Å². The van der Waals surface area contributed by atoms with Gasteiger partial charge in [0.1, 0.15) is 0 Å². The van der Waals surface area contributed by atoms with Crippen molar-refractivity contribution in [1.82, 2.24) is 5.32 Å². The van der Waals surface area contributed by atoms with Crippen LogP contribution in [0.4, 0.5) is 0 Å². The van der Waals surface area contributed by atoms with Crippen LogP contribution in [0.15, 0.2) is 0 Å². The quantitative estimate of drug-likeness (QED) is 0.475. The van der Waals surface area contributed by atoms with Crippen LogP contribution >= 0.6 is 0 Å². The molecule has 0 saturated heterocycles. The molecule has 0 heterocycles. The zero-order chi connectivity index (χ0) is 9.56. The summed E-state index contributed by atoms with van der Waals surface area (Å²) in [5, 5.41) is 2.38. The second-order valence-corrected chi connectivity index (χ2v) is 2.79. The summed E-state index contributed by atoms with van der Waals surface area (Å²) >= 11 is 0. The maximum atomic E-state index is 10.9. The third-order valence-electron chi connectivity index (χ3n) is 1.40. The average Bonchev–Trinajstić information content (AvgIpc) is 2.00. The highest BCUT2D eigenvalue weighted by Gasteiger charge is 2.07. The summed E-state index contributed by atoms with van der Waals surface area (Å²) in [6.07, 6.45) is 0.337. The second-order valence-electron chi connectivity index (χ2n) is 2.79. The molecule has 0 aromatic carbocycles. The number of hydrogen-bond donors (Lipinski definition) is 3. The number of hydrogen-bond acceptors (Lipinski definition) is 3. The smallest absolute Gasteiger partial charge is 0.236 e. The van der Waals surface area contributed by atoms with Crippen LogP contribution in [-0.4, -0.2) is 24.9 Å². The van der Waals surface area contributed by atoms with Crippen LogP contribution in [0, 0.1) is 5.92 Å². The van der Waals surface area contributed by atoms with Gasteiger partial charge in [0.25, 0.3) is 0 Å². The Balaban J connectivity index is 3.53. The lowest BCUT2D eigenvalue weighted by Crippen LogP contribution is -2.34. The summed E-state index contributed by atoms with van der Waals surface area (Å²) in [6, 6.07) is 0. The number of nitrogens with two attached hydrogens (primary N) is 2. The number of nitrogens with one attached hydrogen (secondary N) is 1. The molecule has 0 radical (unpaired) electrons. The van der Waals surface area contributed by atoms with Crippen molar-refractivity contribution in [3.05, 3.63) is 0 Å². The predicted molar refractivity (Wildman–Crippen MR) is 45.0 cm³/mol. The van der Waals surface area contributed by atoms with Gasteiger partial charge in [0, 0.05) is 6.42 Å². The average molecular weight is 173 g/mol. The van der Waals surface area contributed by atoms with Gasteiger partial charge in [0.2, 0.25) is 11.8 Å². The summed E-state index contributed by atoms with van der Waals surface area (Å²) in [5.41, 5.74) is 10.1. The van der Waals surface area contributed by atoms with E-state index >= 15 is 0 Å². The van der Waals surface area contributed by atoms with Gasteiger partial charge in [-0.3, -0.25) is 9.59 Å². The van der Waals surface area contributed by atoms with Crippen LogP contribution in [0.25, 0.3) is 0 Å². The minimum atomic E-state index is -0.538. The Morgan fingerprint density at radius 3 is 2.50 bits per heavy atom. The summed E-state index contributed by atoms with van der Waals surface area (Å²) in [6.45, 7) is 2.23. The van der Waals surface area contributed by atoms with E-state index in [0.29, 0.717) is 13.0 Å². The summed E-state index contributed by atoms with van der Waals surface area (Å²) < 4.78 is 0. The molecular weight excluding hydrogens is 158 g/mol. The zero-order valence-corrected chi connectivity index (χ0v) is 7.17. The standard InChI is InChI=1S/C7H15N3O2/c1-5(3-8)2-7(12)10-4-6(9)11/h5H,2-4,8H2,1H3,(H2,9,11)(H,10,12). The topological polar surface area (TPSA) is 98.2 Å². The fourth-order valence-corrected chi connectivity index (χ4v) is 0.658. The highest BCUT2D eigenvalue weighted by Crippen LogP contribution is 1.97. The molecule has 0 aliphatic carbocycles. The SMILES string of the molecule is CC(CN)CC(=O)NCC(N)=O. The van der Waals surface area contributed by atoms with Crippen molar-refractivity contribution < 1.29 is 9.59 Å². The number of primary amides is 1. The zero-order valence-electron chi connectivity index (χ0n) is 7.17. The van der Waals surface area contributed by atoms with E-state index in [0.717, 1.165) is 0 Å². The van der Waals surface area contributed by atoms with E-state index < -0.39 is 5.91 Å². The fraction of sp³-hybridized carbons (Fsp3) is 0.714. The first kappa shape index (κ1) is 10.9. The minimum absolute atomic E-state index is 0.101. The van der Waals surface area contributed by atoms with Crippen LogP contribution < -0.4 is 16.8 Å². The van der Waals surface area contributed by atoms with Crippen molar-refractivity contribution >= 4 is 11.8 Å². The Kier molecular flexibility index (Phi) is 5.03. The molecule has 0 fully saturated rings. The molecule has 0 spiro atoms. The molecule has 0 aromatic heterocycles. The summed E-state index contributed by atoms with van der Waals surface area (Å²) in [4.78, 5) is 21.2. The largest absolute Gasteiger partial charge is 0.368 e. The van der Waals surface area contributed by atoms with Crippen LogP contribution in [0.2, 0.25) is 0 Å². The molecule has 0 bridgehead atoms. The minimum Gasteiger partial charge on any atom is -0.368 e. The van der Waals surface area contributed by atoms with Crippen molar-refractivity contribution in [2.45, 2.75) is 13.3 Å². The first-order chi connectivity index (χ1) is 5.56. The van der Waals surface area contributed by atoms with Gasteiger partial charge >= 0.3 is 0 Å². The summed E-state index contributed by atoms with van der Waals surface area (Å²) in [5.74, 6) is -0.589. The second kappa shape index (κ2) is 5.54. The maximum Gasteiger partial charge on any atom is 0.236 e. The first-order valence-electron chi connectivity index (χ1n) is 3.81. The Bertz CT molecular complexity index is 170. The van der Waals surface area contributed by atoms with E-state index in [1.807, 2.05) is 6.92 Å². The first-order valence-corrected chi connectivity index (χ1v) is 3.81. The Hall–Kier alpha value is -1.10. The monoisotopic (exact) mass is 173 g/mol.